The van der Waals surface area contributed by atoms with E-state index < -0.39 is 22.3 Å². The lowest BCUT2D eigenvalue weighted by Gasteiger charge is -2.18. The van der Waals surface area contributed by atoms with E-state index >= 15 is 0 Å². The minimum atomic E-state index is -3.44. The first-order valence-corrected chi connectivity index (χ1v) is 9.22. The van der Waals surface area contributed by atoms with E-state index in [0.717, 1.165) is 6.26 Å². The van der Waals surface area contributed by atoms with Gasteiger partial charge < -0.3 is 5.73 Å². The molecule has 0 saturated heterocycles. The van der Waals surface area contributed by atoms with Crippen LogP contribution in [0.5, 0.6) is 0 Å². The number of alkyl halides is 2. The van der Waals surface area contributed by atoms with E-state index in [1.165, 1.54) is 23.0 Å². The Bertz CT molecular complexity index is 830. The topological polar surface area (TPSA) is 90.9 Å². The summed E-state index contributed by atoms with van der Waals surface area (Å²) in [5, 5.41) is 3.87. The Hall–Kier alpha value is -1.87. The van der Waals surface area contributed by atoms with Crippen LogP contribution in [0.4, 0.5) is 8.78 Å². The molecule has 0 aliphatic heterocycles. The number of sulfone groups is 1. The number of aromatic nitrogens is 3. The molecule has 0 fully saturated rings. The van der Waals surface area contributed by atoms with Crippen molar-refractivity contribution < 1.29 is 17.2 Å². The molecule has 2 rings (SSSR count). The Morgan fingerprint density at radius 1 is 1.25 bits per heavy atom. The maximum Gasteiger partial charge on any atom is 0.282 e. The molecule has 2 aromatic rings. The zero-order valence-electron chi connectivity index (χ0n) is 13.9. The van der Waals surface area contributed by atoms with Crippen molar-refractivity contribution in [2.75, 3.05) is 6.26 Å². The minimum Gasteiger partial charge on any atom is -0.322 e. The largest absolute Gasteiger partial charge is 0.322 e. The van der Waals surface area contributed by atoms with Gasteiger partial charge >= 0.3 is 0 Å². The van der Waals surface area contributed by atoms with Gasteiger partial charge in [-0.2, -0.15) is 5.10 Å². The molecule has 1 atom stereocenters. The summed E-state index contributed by atoms with van der Waals surface area (Å²) in [4.78, 5) is 3.88. The lowest BCUT2D eigenvalue weighted by atomic mass is 9.98. The molecule has 2 heterocycles. The average molecular weight is 358 g/mol. The molecule has 6 nitrogen and oxygen atoms in total. The predicted molar refractivity (Wildman–Crippen MR) is 85.9 cm³/mol. The van der Waals surface area contributed by atoms with Gasteiger partial charge in [0.1, 0.15) is 5.69 Å². The van der Waals surface area contributed by atoms with Crippen LogP contribution in [-0.2, 0) is 9.84 Å². The molecule has 2 N–H and O–H groups in total. The first-order valence-electron chi connectivity index (χ1n) is 7.33. The average Bonchev–Trinajstić information content (AvgIpc) is 2.83. The molecule has 0 aliphatic carbocycles. The number of pyridine rings is 1. The van der Waals surface area contributed by atoms with Crippen LogP contribution in [0, 0.1) is 12.8 Å². The van der Waals surface area contributed by atoms with Gasteiger partial charge in [-0.05, 0) is 25.0 Å². The number of hydrogen-bond donors (Lipinski definition) is 1. The fourth-order valence-electron chi connectivity index (χ4n) is 2.35. The lowest BCUT2D eigenvalue weighted by Crippen LogP contribution is -2.21. The van der Waals surface area contributed by atoms with Gasteiger partial charge in [0.15, 0.2) is 14.9 Å². The zero-order chi connectivity index (χ0) is 18.2. The van der Waals surface area contributed by atoms with E-state index in [1.807, 2.05) is 13.8 Å². The summed E-state index contributed by atoms with van der Waals surface area (Å²) in [5.74, 6) is 0.00734. The Morgan fingerprint density at radius 2 is 1.88 bits per heavy atom. The summed E-state index contributed by atoms with van der Waals surface area (Å²) in [6, 6.07) is 2.29. The molecule has 0 spiro atoms. The van der Waals surface area contributed by atoms with Gasteiger partial charge in [-0.25, -0.2) is 26.9 Å². The van der Waals surface area contributed by atoms with Crippen LogP contribution in [0.1, 0.15) is 43.3 Å². The molecule has 0 aromatic carbocycles. The Kier molecular flexibility index (Phi) is 5.05. The maximum atomic E-state index is 13.2. The molecule has 0 saturated carbocycles. The first kappa shape index (κ1) is 18.5. The highest BCUT2D eigenvalue weighted by molar-refractivity contribution is 7.90. The van der Waals surface area contributed by atoms with Crippen LogP contribution in [0.2, 0.25) is 0 Å². The van der Waals surface area contributed by atoms with Crippen LogP contribution in [-0.4, -0.2) is 29.4 Å². The zero-order valence-corrected chi connectivity index (χ0v) is 14.7. The summed E-state index contributed by atoms with van der Waals surface area (Å²) in [5.41, 5.74) is 7.00. The van der Waals surface area contributed by atoms with E-state index in [0.29, 0.717) is 16.9 Å². The Balaban J connectivity index is 2.62. The van der Waals surface area contributed by atoms with E-state index in [2.05, 4.69) is 10.1 Å². The molecule has 9 heteroatoms. The summed E-state index contributed by atoms with van der Waals surface area (Å²) >= 11 is 0. The standard InChI is InChI=1S/C15H20F2N4O2S/c1-8(2)12(18)14-9(3)13(15(16)17)20-21(14)10-5-6-11(19-7-10)24(4,22)23/h5-8,12,15H,18H2,1-4H3. The lowest BCUT2D eigenvalue weighted by molar-refractivity contribution is 0.145. The molecule has 0 radical (unpaired) electrons. The third-order valence-corrected chi connectivity index (χ3v) is 4.79. The number of halogens is 2. The Labute approximate surface area is 139 Å². The fourth-order valence-corrected chi connectivity index (χ4v) is 2.91. The number of hydrogen-bond acceptors (Lipinski definition) is 5. The summed E-state index contributed by atoms with van der Waals surface area (Å²) in [7, 11) is -3.44. The second-order valence-corrected chi connectivity index (χ2v) is 7.97. The van der Waals surface area contributed by atoms with Crippen molar-refractivity contribution in [2.24, 2.45) is 11.7 Å². The van der Waals surface area contributed by atoms with E-state index in [9.17, 15) is 17.2 Å². The summed E-state index contributed by atoms with van der Waals surface area (Å²) in [6.45, 7) is 5.32. The van der Waals surface area contributed by atoms with Gasteiger partial charge in [-0.1, -0.05) is 13.8 Å². The van der Waals surface area contributed by atoms with E-state index in [4.69, 9.17) is 5.73 Å². The molecular formula is C15H20F2N4O2S. The second-order valence-electron chi connectivity index (χ2n) is 6.00. The molecular weight excluding hydrogens is 338 g/mol. The SMILES string of the molecule is Cc1c(C(F)F)nn(-c2ccc(S(C)(=O)=O)nc2)c1C(N)C(C)C. The van der Waals surface area contributed by atoms with Gasteiger partial charge in [0.05, 0.1) is 17.6 Å². The third-order valence-electron chi connectivity index (χ3n) is 3.79. The van der Waals surface area contributed by atoms with Gasteiger partial charge in [-0.15, -0.1) is 0 Å². The number of nitrogens with zero attached hydrogens (tertiary/aromatic N) is 3. The normalized spacial score (nSPS) is 13.7. The molecule has 24 heavy (non-hydrogen) atoms. The molecule has 0 bridgehead atoms. The quantitative estimate of drug-likeness (QED) is 0.887. The summed E-state index contributed by atoms with van der Waals surface area (Å²) in [6.07, 6.45) is -0.399. The van der Waals surface area contributed by atoms with Crippen molar-refractivity contribution in [3.05, 3.63) is 35.3 Å². The van der Waals surface area contributed by atoms with Crippen molar-refractivity contribution in [2.45, 2.75) is 38.3 Å². The second kappa shape index (κ2) is 6.56. The van der Waals surface area contributed by atoms with E-state index in [-0.39, 0.29) is 16.6 Å². The van der Waals surface area contributed by atoms with Crippen LogP contribution < -0.4 is 5.73 Å². The molecule has 1 unspecified atom stereocenters. The minimum absolute atomic E-state index is 0.00734. The van der Waals surface area contributed by atoms with Crippen molar-refractivity contribution in [1.82, 2.24) is 14.8 Å². The van der Waals surface area contributed by atoms with Gasteiger partial charge in [0.25, 0.3) is 6.43 Å². The monoisotopic (exact) mass is 358 g/mol. The summed E-state index contributed by atoms with van der Waals surface area (Å²) < 4.78 is 50.7. The molecule has 0 amide bonds. The predicted octanol–water partition coefficient (Wildman–Crippen LogP) is 2.57. The Morgan fingerprint density at radius 3 is 2.29 bits per heavy atom. The van der Waals surface area contributed by atoms with Gasteiger partial charge in [-0.3, -0.25) is 0 Å². The first-order chi connectivity index (χ1) is 11.0. The molecule has 132 valence electrons. The van der Waals surface area contributed by atoms with Crippen molar-refractivity contribution >= 4 is 9.84 Å². The number of nitrogens with two attached hydrogens (primary N) is 1. The van der Waals surface area contributed by atoms with Crippen LogP contribution in [0.15, 0.2) is 23.4 Å². The molecule has 0 aliphatic rings. The van der Waals surface area contributed by atoms with Crippen LogP contribution >= 0.6 is 0 Å². The van der Waals surface area contributed by atoms with E-state index in [1.54, 1.807) is 6.92 Å². The fraction of sp³-hybridized carbons (Fsp3) is 0.467. The van der Waals surface area contributed by atoms with Crippen molar-refractivity contribution in [3.63, 3.8) is 0 Å². The highest BCUT2D eigenvalue weighted by Crippen LogP contribution is 2.31. The van der Waals surface area contributed by atoms with Crippen LogP contribution in [0.25, 0.3) is 5.69 Å². The van der Waals surface area contributed by atoms with Crippen molar-refractivity contribution in [3.8, 4) is 5.69 Å². The van der Waals surface area contributed by atoms with Gasteiger partial charge in [0.2, 0.25) is 0 Å². The maximum absolute atomic E-state index is 13.2. The highest BCUT2D eigenvalue weighted by Gasteiger charge is 2.27. The smallest absolute Gasteiger partial charge is 0.282 e. The van der Waals surface area contributed by atoms with Crippen LogP contribution in [0.3, 0.4) is 0 Å². The number of rotatable bonds is 5. The third kappa shape index (κ3) is 3.46. The van der Waals surface area contributed by atoms with Gasteiger partial charge in [0, 0.05) is 17.9 Å². The highest BCUT2D eigenvalue weighted by atomic mass is 32.2. The molecule has 2 aromatic heterocycles. The van der Waals surface area contributed by atoms with Crippen molar-refractivity contribution in [1.29, 1.82) is 0 Å².